The Morgan fingerprint density at radius 3 is 2.36 bits per heavy atom. The number of ether oxygens (including phenoxy) is 1. The quantitative estimate of drug-likeness (QED) is 0.328. The van der Waals surface area contributed by atoms with Gasteiger partial charge in [0.05, 0.1) is 10.6 Å². The van der Waals surface area contributed by atoms with Gasteiger partial charge in [-0.1, -0.05) is 41.9 Å². The summed E-state index contributed by atoms with van der Waals surface area (Å²) in [6.07, 6.45) is 1.61. The zero-order valence-electron chi connectivity index (χ0n) is 22.0. The maximum absolute atomic E-state index is 13.6. The summed E-state index contributed by atoms with van der Waals surface area (Å²) in [5.74, 6) is -0.179. The fourth-order valence-corrected chi connectivity index (χ4v) is 6.15. The molecule has 8 nitrogen and oxygen atoms in total. The summed E-state index contributed by atoms with van der Waals surface area (Å²) in [6, 6.07) is 19.6. The van der Waals surface area contributed by atoms with Gasteiger partial charge in [-0.15, -0.1) is 0 Å². The Kier molecular flexibility index (Phi) is 7.33. The monoisotopic (exact) mass is 564 g/mol. The second-order valence-electron chi connectivity index (χ2n) is 10.3. The molecule has 1 saturated heterocycles. The molecule has 39 heavy (non-hydrogen) atoms. The number of piperazine rings is 1. The van der Waals surface area contributed by atoms with Gasteiger partial charge in [0.25, 0.3) is 5.91 Å². The van der Waals surface area contributed by atoms with Crippen molar-refractivity contribution in [3.05, 3.63) is 83.5 Å². The van der Waals surface area contributed by atoms with E-state index in [2.05, 4.69) is 9.97 Å². The first-order valence-corrected chi connectivity index (χ1v) is 14.4. The molecular formula is C29H29ClN4O4S. The van der Waals surface area contributed by atoms with Gasteiger partial charge < -0.3 is 9.64 Å². The van der Waals surface area contributed by atoms with Crippen LogP contribution in [0.4, 0.5) is 0 Å². The molecule has 0 saturated carbocycles. The molecule has 1 fully saturated rings. The highest BCUT2D eigenvalue weighted by atomic mass is 35.5. The molecular weight excluding hydrogens is 536 g/mol. The fourth-order valence-electron chi connectivity index (χ4n) is 4.51. The molecule has 5 rings (SSSR count). The normalized spacial score (nSPS) is 14.9. The number of aromatic nitrogens is 2. The highest BCUT2D eigenvalue weighted by Gasteiger charge is 2.31. The lowest BCUT2D eigenvalue weighted by atomic mass is 10.0. The molecule has 202 valence electrons. The average Bonchev–Trinajstić information content (AvgIpc) is 2.91. The van der Waals surface area contributed by atoms with Crippen molar-refractivity contribution in [3.8, 4) is 17.3 Å². The van der Waals surface area contributed by atoms with Gasteiger partial charge in [-0.25, -0.2) is 13.4 Å². The number of halogens is 1. The number of carbonyl (C=O) groups excluding carboxylic acids is 1. The van der Waals surface area contributed by atoms with Gasteiger partial charge in [-0.05, 0) is 67.9 Å². The third kappa shape index (κ3) is 5.90. The maximum Gasteiger partial charge on any atom is 0.317 e. The summed E-state index contributed by atoms with van der Waals surface area (Å²) in [5.41, 5.74) is 1.26. The maximum atomic E-state index is 13.6. The van der Waals surface area contributed by atoms with Crippen molar-refractivity contribution in [2.45, 2.75) is 31.3 Å². The minimum atomic E-state index is -3.72. The second kappa shape index (κ2) is 10.6. The summed E-state index contributed by atoms with van der Waals surface area (Å²) < 4.78 is 34.0. The predicted octanol–water partition coefficient (Wildman–Crippen LogP) is 5.27. The van der Waals surface area contributed by atoms with E-state index < -0.39 is 15.6 Å². The van der Waals surface area contributed by atoms with E-state index in [0.717, 1.165) is 10.8 Å². The Hall–Kier alpha value is -3.53. The number of sulfonamides is 1. The van der Waals surface area contributed by atoms with Crippen LogP contribution >= 0.6 is 11.6 Å². The van der Waals surface area contributed by atoms with Gasteiger partial charge in [-0.2, -0.15) is 9.29 Å². The lowest BCUT2D eigenvalue weighted by Gasteiger charge is -2.34. The van der Waals surface area contributed by atoms with Crippen LogP contribution in [0.2, 0.25) is 5.02 Å². The number of nitrogens with zero attached hydrogens (tertiary/aromatic N) is 4. The number of hydrogen-bond donors (Lipinski definition) is 0. The number of benzene rings is 3. The van der Waals surface area contributed by atoms with Crippen LogP contribution in [0, 0.1) is 0 Å². The first kappa shape index (κ1) is 27.1. The van der Waals surface area contributed by atoms with E-state index in [-0.39, 0.29) is 43.0 Å². The van der Waals surface area contributed by atoms with Crippen molar-refractivity contribution in [1.29, 1.82) is 0 Å². The Bertz CT molecular complexity index is 1640. The molecule has 10 heteroatoms. The van der Waals surface area contributed by atoms with E-state index in [1.165, 1.54) is 4.31 Å². The van der Waals surface area contributed by atoms with Crippen molar-refractivity contribution < 1.29 is 17.9 Å². The smallest absolute Gasteiger partial charge is 0.317 e. The molecule has 0 unspecified atom stereocenters. The third-order valence-corrected chi connectivity index (χ3v) is 8.53. The minimum absolute atomic E-state index is 0.179. The third-order valence-electron chi connectivity index (χ3n) is 6.40. The first-order valence-electron chi connectivity index (χ1n) is 12.6. The molecule has 4 aromatic rings. The van der Waals surface area contributed by atoms with E-state index in [1.807, 2.05) is 32.9 Å². The molecule has 0 bridgehead atoms. The summed E-state index contributed by atoms with van der Waals surface area (Å²) in [6.45, 7) is 6.69. The van der Waals surface area contributed by atoms with E-state index in [9.17, 15) is 13.2 Å². The zero-order chi connectivity index (χ0) is 27.8. The molecule has 0 atom stereocenters. The average molecular weight is 565 g/mol. The van der Waals surface area contributed by atoms with Crippen LogP contribution in [0.1, 0.15) is 31.1 Å². The van der Waals surface area contributed by atoms with Gasteiger partial charge in [0.1, 0.15) is 5.60 Å². The van der Waals surface area contributed by atoms with Crippen molar-refractivity contribution in [2.24, 2.45) is 0 Å². The van der Waals surface area contributed by atoms with Crippen molar-refractivity contribution in [3.63, 3.8) is 0 Å². The molecule has 0 aliphatic carbocycles. The fraction of sp³-hybridized carbons (Fsp3) is 0.276. The zero-order valence-corrected chi connectivity index (χ0v) is 23.5. The van der Waals surface area contributed by atoms with Gasteiger partial charge in [0.15, 0.2) is 0 Å². The van der Waals surface area contributed by atoms with Crippen LogP contribution in [0.25, 0.3) is 22.0 Å². The molecule has 0 radical (unpaired) electrons. The molecule has 0 spiro atoms. The van der Waals surface area contributed by atoms with Crippen molar-refractivity contribution >= 4 is 38.3 Å². The molecule has 0 N–H and O–H groups in total. The largest absolute Gasteiger partial charge is 0.458 e. The van der Waals surface area contributed by atoms with Crippen molar-refractivity contribution in [1.82, 2.24) is 19.2 Å². The van der Waals surface area contributed by atoms with E-state index in [4.69, 9.17) is 16.3 Å². The Balaban J connectivity index is 1.33. The SMILES string of the molecule is CC(C)(C)Oc1nccc(-c2ccccc2C(=O)N2CCN(S(=O)(=O)c3ccc4cc(Cl)ccc4c3)CC2)n1. The van der Waals surface area contributed by atoms with Gasteiger partial charge in [0.2, 0.25) is 10.0 Å². The van der Waals surface area contributed by atoms with Crippen LogP contribution in [0.15, 0.2) is 77.8 Å². The highest BCUT2D eigenvalue weighted by Crippen LogP contribution is 2.28. The number of amides is 1. The standard InChI is InChI=1S/C29H29ClN4O4S/c1-29(2,3)38-28-31-13-12-26(32-28)24-6-4-5-7-25(24)27(35)33-14-16-34(17-15-33)39(36,37)23-11-9-20-18-22(30)10-8-21(20)19-23/h4-13,18-19H,14-17H2,1-3H3. The number of carbonyl (C=O) groups is 1. The molecule has 1 aliphatic rings. The van der Waals surface area contributed by atoms with Crippen LogP contribution < -0.4 is 4.74 Å². The Morgan fingerprint density at radius 2 is 1.62 bits per heavy atom. The van der Waals surface area contributed by atoms with Crippen molar-refractivity contribution in [2.75, 3.05) is 26.2 Å². The number of rotatable bonds is 5. The van der Waals surface area contributed by atoms with Gasteiger partial charge in [-0.3, -0.25) is 4.79 Å². The summed E-state index contributed by atoms with van der Waals surface area (Å²) >= 11 is 6.06. The highest BCUT2D eigenvalue weighted by molar-refractivity contribution is 7.89. The topological polar surface area (TPSA) is 92.7 Å². The number of fused-ring (bicyclic) bond motifs is 1. The minimum Gasteiger partial charge on any atom is -0.458 e. The van der Waals surface area contributed by atoms with Crippen LogP contribution in [-0.4, -0.2) is 65.3 Å². The van der Waals surface area contributed by atoms with Crippen LogP contribution in [0.5, 0.6) is 6.01 Å². The molecule has 1 amide bonds. The van der Waals surface area contributed by atoms with E-state index in [1.54, 1.807) is 65.7 Å². The first-order chi connectivity index (χ1) is 18.5. The molecule has 2 heterocycles. The lowest BCUT2D eigenvalue weighted by molar-refractivity contribution is 0.0698. The predicted molar refractivity (Wildman–Crippen MR) is 151 cm³/mol. The number of hydrogen-bond acceptors (Lipinski definition) is 6. The Labute approximate surface area is 233 Å². The van der Waals surface area contributed by atoms with Gasteiger partial charge in [0, 0.05) is 48.5 Å². The van der Waals surface area contributed by atoms with Crippen LogP contribution in [-0.2, 0) is 10.0 Å². The van der Waals surface area contributed by atoms with Gasteiger partial charge >= 0.3 is 6.01 Å². The second-order valence-corrected chi connectivity index (χ2v) is 12.7. The summed E-state index contributed by atoms with van der Waals surface area (Å²) in [4.78, 5) is 24.2. The molecule has 1 aliphatic heterocycles. The van der Waals surface area contributed by atoms with E-state index >= 15 is 0 Å². The summed E-state index contributed by atoms with van der Waals surface area (Å²) in [5, 5.41) is 2.27. The Morgan fingerprint density at radius 1 is 0.923 bits per heavy atom. The summed E-state index contributed by atoms with van der Waals surface area (Å²) in [7, 11) is -3.72. The molecule has 3 aromatic carbocycles. The lowest BCUT2D eigenvalue weighted by Crippen LogP contribution is -2.50. The van der Waals surface area contributed by atoms with Crippen LogP contribution in [0.3, 0.4) is 0 Å². The molecule has 1 aromatic heterocycles. The van der Waals surface area contributed by atoms with E-state index in [0.29, 0.717) is 21.8 Å².